The lowest BCUT2D eigenvalue weighted by Gasteiger charge is -2.27. The molecule has 0 bridgehead atoms. The van der Waals surface area contributed by atoms with Crippen LogP contribution in [0.5, 0.6) is 0 Å². The number of amides is 1. The van der Waals surface area contributed by atoms with Crippen LogP contribution < -0.4 is 10.6 Å². The Morgan fingerprint density at radius 2 is 1.41 bits per heavy atom. The van der Waals surface area contributed by atoms with Crippen molar-refractivity contribution in [2.45, 2.75) is 60.5 Å². The minimum atomic E-state index is -0.114. The number of nitrogens with one attached hydrogen (secondary N) is 2. The zero-order valence-electron chi connectivity index (χ0n) is 12.5. The molecule has 0 radical (unpaired) electrons. The summed E-state index contributed by atoms with van der Waals surface area (Å²) in [5, 5.41) is 6.26. The van der Waals surface area contributed by atoms with Gasteiger partial charge in [-0.3, -0.25) is 4.79 Å². The third kappa shape index (κ3) is 6.67. The summed E-state index contributed by atoms with van der Waals surface area (Å²) in [5.41, 5.74) is 0. The number of rotatable bonds is 7. The molecule has 0 saturated carbocycles. The Morgan fingerprint density at radius 3 is 1.76 bits per heavy atom. The molecule has 0 rings (SSSR count). The molecule has 0 spiro atoms. The van der Waals surface area contributed by atoms with Crippen molar-refractivity contribution < 1.29 is 4.79 Å². The standard InChI is InChI=1S/C14H30N2O/c1-9(2)13(10(3)4)8-15-12(7)14(17)16-11(5)6/h9-13,15H,8H2,1-7H3,(H,16,17). The highest BCUT2D eigenvalue weighted by Gasteiger charge is 2.20. The Kier molecular flexibility index (Phi) is 7.44. The number of carbonyl (C=O) groups is 1. The van der Waals surface area contributed by atoms with Crippen LogP contribution in [0.1, 0.15) is 48.5 Å². The lowest BCUT2D eigenvalue weighted by atomic mass is 9.85. The second-order valence-electron chi connectivity index (χ2n) is 5.95. The molecule has 0 heterocycles. The second-order valence-corrected chi connectivity index (χ2v) is 5.95. The van der Waals surface area contributed by atoms with Crippen LogP contribution in [-0.2, 0) is 4.79 Å². The molecule has 102 valence electrons. The van der Waals surface area contributed by atoms with E-state index in [1.54, 1.807) is 0 Å². The molecular weight excluding hydrogens is 212 g/mol. The highest BCUT2D eigenvalue weighted by atomic mass is 16.2. The van der Waals surface area contributed by atoms with Crippen LogP contribution in [0.3, 0.4) is 0 Å². The highest BCUT2D eigenvalue weighted by molar-refractivity contribution is 5.81. The Hall–Kier alpha value is -0.570. The van der Waals surface area contributed by atoms with Crippen LogP contribution in [-0.4, -0.2) is 24.5 Å². The van der Waals surface area contributed by atoms with E-state index in [9.17, 15) is 4.79 Å². The Morgan fingerprint density at radius 1 is 0.941 bits per heavy atom. The lowest BCUT2D eigenvalue weighted by Crippen LogP contribution is -2.46. The van der Waals surface area contributed by atoms with Crippen molar-refractivity contribution in [3.63, 3.8) is 0 Å². The topological polar surface area (TPSA) is 41.1 Å². The highest BCUT2D eigenvalue weighted by Crippen LogP contribution is 2.19. The molecule has 0 aliphatic heterocycles. The van der Waals surface area contributed by atoms with E-state index < -0.39 is 0 Å². The van der Waals surface area contributed by atoms with E-state index >= 15 is 0 Å². The van der Waals surface area contributed by atoms with Crippen molar-refractivity contribution in [1.82, 2.24) is 10.6 Å². The van der Waals surface area contributed by atoms with Gasteiger partial charge in [-0.1, -0.05) is 27.7 Å². The summed E-state index contributed by atoms with van der Waals surface area (Å²) in [4.78, 5) is 11.7. The predicted molar refractivity (Wildman–Crippen MR) is 73.9 cm³/mol. The van der Waals surface area contributed by atoms with E-state index in [1.165, 1.54) is 0 Å². The van der Waals surface area contributed by atoms with E-state index in [-0.39, 0.29) is 18.0 Å². The van der Waals surface area contributed by atoms with E-state index in [4.69, 9.17) is 0 Å². The first-order chi connectivity index (χ1) is 7.75. The first-order valence-corrected chi connectivity index (χ1v) is 6.79. The molecule has 1 atom stereocenters. The normalized spacial score (nSPS) is 13.8. The summed E-state index contributed by atoms with van der Waals surface area (Å²) in [6, 6.07) is 0.0927. The second kappa shape index (κ2) is 7.70. The summed E-state index contributed by atoms with van der Waals surface area (Å²) >= 11 is 0. The quantitative estimate of drug-likeness (QED) is 0.720. The lowest BCUT2D eigenvalue weighted by molar-refractivity contribution is -0.123. The molecular formula is C14H30N2O. The van der Waals surface area contributed by atoms with Crippen molar-refractivity contribution in [2.24, 2.45) is 17.8 Å². The number of hydrogen-bond acceptors (Lipinski definition) is 2. The van der Waals surface area contributed by atoms with Crippen LogP contribution in [0.25, 0.3) is 0 Å². The van der Waals surface area contributed by atoms with Crippen molar-refractivity contribution in [3.8, 4) is 0 Å². The van der Waals surface area contributed by atoms with Crippen molar-refractivity contribution >= 4 is 5.91 Å². The summed E-state index contributed by atoms with van der Waals surface area (Å²) in [5.74, 6) is 1.99. The van der Waals surface area contributed by atoms with Gasteiger partial charge in [0.1, 0.15) is 0 Å². The first kappa shape index (κ1) is 16.4. The van der Waals surface area contributed by atoms with Gasteiger partial charge in [-0.15, -0.1) is 0 Å². The van der Waals surface area contributed by atoms with Gasteiger partial charge in [0.25, 0.3) is 0 Å². The van der Waals surface area contributed by atoms with E-state index in [0.29, 0.717) is 17.8 Å². The van der Waals surface area contributed by atoms with Gasteiger partial charge in [0.2, 0.25) is 5.91 Å². The molecule has 0 fully saturated rings. The summed E-state index contributed by atoms with van der Waals surface area (Å²) in [7, 11) is 0. The van der Waals surface area contributed by atoms with Crippen molar-refractivity contribution in [2.75, 3.05) is 6.54 Å². The third-order valence-corrected chi connectivity index (χ3v) is 3.20. The van der Waals surface area contributed by atoms with Gasteiger partial charge in [-0.2, -0.15) is 0 Å². The maximum Gasteiger partial charge on any atom is 0.237 e. The van der Waals surface area contributed by atoms with Crippen molar-refractivity contribution in [3.05, 3.63) is 0 Å². The van der Waals surface area contributed by atoms with Gasteiger partial charge >= 0.3 is 0 Å². The van der Waals surface area contributed by atoms with E-state index in [1.807, 2.05) is 20.8 Å². The molecule has 1 amide bonds. The number of hydrogen-bond donors (Lipinski definition) is 2. The van der Waals surface area contributed by atoms with Crippen LogP contribution >= 0.6 is 0 Å². The molecule has 0 aromatic heterocycles. The number of carbonyl (C=O) groups excluding carboxylic acids is 1. The van der Waals surface area contributed by atoms with Gasteiger partial charge in [0.15, 0.2) is 0 Å². The van der Waals surface area contributed by atoms with Gasteiger partial charge in [0.05, 0.1) is 6.04 Å². The van der Waals surface area contributed by atoms with Crippen LogP contribution in [0.15, 0.2) is 0 Å². The molecule has 0 aromatic carbocycles. The van der Waals surface area contributed by atoms with Gasteiger partial charge in [-0.05, 0) is 45.1 Å². The Balaban J connectivity index is 4.12. The molecule has 0 saturated heterocycles. The molecule has 0 aromatic rings. The molecule has 0 aliphatic carbocycles. The fourth-order valence-electron chi connectivity index (χ4n) is 2.06. The van der Waals surface area contributed by atoms with Gasteiger partial charge < -0.3 is 10.6 Å². The minimum absolute atomic E-state index is 0.0891. The first-order valence-electron chi connectivity index (χ1n) is 6.79. The van der Waals surface area contributed by atoms with Crippen molar-refractivity contribution in [1.29, 1.82) is 0 Å². The summed E-state index contributed by atoms with van der Waals surface area (Å²) in [6.07, 6.45) is 0. The molecule has 3 nitrogen and oxygen atoms in total. The average molecular weight is 242 g/mol. The smallest absolute Gasteiger partial charge is 0.237 e. The monoisotopic (exact) mass is 242 g/mol. The molecule has 3 heteroatoms. The maximum absolute atomic E-state index is 11.7. The van der Waals surface area contributed by atoms with Crippen LogP contribution in [0.2, 0.25) is 0 Å². The maximum atomic E-state index is 11.7. The zero-order chi connectivity index (χ0) is 13.6. The van der Waals surface area contributed by atoms with E-state index in [2.05, 4.69) is 38.3 Å². The predicted octanol–water partition coefficient (Wildman–Crippen LogP) is 2.42. The van der Waals surface area contributed by atoms with Crippen LogP contribution in [0, 0.1) is 17.8 Å². The third-order valence-electron chi connectivity index (χ3n) is 3.20. The van der Waals surface area contributed by atoms with E-state index in [0.717, 1.165) is 6.54 Å². The zero-order valence-corrected chi connectivity index (χ0v) is 12.5. The van der Waals surface area contributed by atoms with Crippen LogP contribution in [0.4, 0.5) is 0 Å². The van der Waals surface area contributed by atoms with Gasteiger partial charge in [0, 0.05) is 6.04 Å². The fraction of sp³-hybridized carbons (Fsp3) is 0.929. The fourth-order valence-corrected chi connectivity index (χ4v) is 2.06. The Labute approximate surface area is 107 Å². The minimum Gasteiger partial charge on any atom is -0.353 e. The van der Waals surface area contributed by atoms with Gasteiger partial charge in [-0.25, -0.2) is 0 Å². The molecule has 2 N–H and O–H groups in total. The Bertz CT molecular complexity index is 216. The largest absolute Gasteiger partial charge is 0.353 e. The summed E-state index contributed by atoms with van der Waals surface area (Å²) < 4.78 is 0. The SMILES string of the molecule is CC(C)NC(=O)C(C)NCC(C(C)C)C(C)C. The molecule has 0 aliphatic rings. The molecule has 1 unspecified atom stereocenters. The summed E-state index contributed by atoms with van der Waals surface area (Å²) in [6.45, 7) is 15.8. The molecule has 17 heavy (non-hydrogen) atoms. The average Bonchev–Trinajstić information content (AvgIpc) is 2.15.